The number of aromatic nitrogens is 2. The van der Waals surface area contributed by atoms with E-state index in [1.165, 1.54) is 0 Å². The van der Waals surface area contributed by atoms with Gasteiger partial charge in [0.25, 0.3) is 5.91 Å². The molecule has 2 heterocycles. The van der Waals surface area contributed by atoms with Gasteiger partial charge in [-0.05, 0) is 43.2 Å². The number of fused-ring (bicyclic) bond motifs is 1. The number of aryl methyl sites for hydroxylation is 1. The number of carbonyl (C=O) groups excluding carboxylic acids is 2. The van der Waals surface area contributed by atoms with Crippen LogP contribution in [0.25, 0.3) is 16.9 Å². The number of anilines is 1. The van der Waals surface area contributed by atoms with E-state index in [2.05, 4.69) is 10.6 Å². The van der Waals surface area contributed by atoms with E-state index in [4.69, 9.17) is 15.5 Å². The third-order valence-corrected chi connectivity index (χ3v) is 5.57. The molecule has 0 spiro atoms. The van der Waals surface area contributed by atoms with E-state index in [-0.39, 0.29) is 18.4 Å². The smallest absolute Gasteiger partial charge is 0.325 e. The summed E-state index contributed by atoms with van der Waals surface area (Å²) in [4.78, 5) is 30.0. The van der Waals surface area contributed by atoms with Gasteiger partial charge in [0.2, 0.25) is 0 Å². The van der Waals surface area contributed by atoms with Crippen molar-refractivity contribution in [2.45, 2.75) is 26.9 Å². The number of esters is 1. The number of pyridine rings is 1. The number of amides is 1. The Morgan fingerprint density at radius 3 is 2.63 bits per heavy atom. The number of carbonyl (C=O) groups is 2. The molecule has 2 aromatic carbocycles. The molecule has 4 rings (SSSR count). The Labute approximate surface area is 204 Å². The second-order valence-electron chi connectivity index (χ2n) is 8.16. The van der Waals surface area contributed by atoms with E-state index in [0.29, 0.717) is 42.4 Å². The number of hydrogen-bond acceptors (Lipinski definition) is 6. The summed E-state index contributed by atoms with van der Waals surface area (Å²) in [6.45, 7) is 4.86. The number of nitrogens with two attached hydrogens (primary N) is 1. The summed E-state index contributed by atoms with van der Waals surface area (Å²) in [6, 6.07) is 19.2. The molecule has 1 amide bonds. The Bertz CT molecular complexity index is 1360. The molecule has 0 saturated heterocycles. The first-order chi connectivity index (χ1) is 17.0. The maximum atomic E-state index is 13.2. The van der Waals surface area contributed by atoms with Crippen LogP contribution in [0.2, 0.25) is 0 Å². The average Bonchev–Trinajstić information content (AvgIpc) is 3.25. The number of nitrogens with one attached hydrogen (secondary N) is 2. The van der Waals surface area contributed by atoms with Gasteiger partial charge in [0, 0.05) is 24.8 Å². The van der Waals surface area contributed by atoms with Gasteiger partial charge in [0.1, 0.15) is 18.1 Å². The quantitative estimate of drug-likeness (QED) is 0.321. The third-order valence-electron chi connectivity index (χ3n) is 5.57. The van der Waals surface area contributed by atoms with Crippen molar-refractivity contribution in [3.05, 3.63) is 89.1 Å². The topological polar surface area (TPSA) is 111 Å². The van der Waals surface area contributed by atoms with Crippen LogP contribution in [0.5, 0.6) is 0 Å². The molecule has 0 unspecified atom stereocenters. The molecule has 0 aliphatic carbocycles. The molecule has 4 aromatic rings. The van der Waals surface area contributed by atoms with E-state index < -0.39 is 0 Å². The Morgan fingerprint density at radius 2 is 1.86 bits per heavy atom. The second-order valence-corrected chi connectivity index (χ2v) is 8.16. The van der Waals surface area contributed by atoms with Gasteiger partial charge in [0.05, 0.1) is 12.2 Å². The normalized spacial score (nSPS) is 10.8. The highest BCUT2D eigenvalue weighted by atomic mass is 16.5. The molecule has 0 bridgehead atoms. The van der Waals surface area contributed by atoms with Gasteiger partial charge in [-0.15, -0.1) is 0 Å². The van der Waals surface area contributed by atoms with Crippen molar-refractivity contribution >= 4 is 23.3 Å². The number of benzene rings is 2. The van der Waals surface area contributed by atoms with Crippen molar-refractivity contribution in [2.24, 2.45) is 5.73 Å². The Morgan fingerprint density at radius 1 is 1.06 bits per heavy atom. The monoisotopic (exact) mass is 471 g/mol. The van der Waals surface area contributed by atoms with Crippen LogP contribution >= 0.6 is 0 Å². The zero-order valence-corrected chi connectivity index (χ0v) is 19.9. The fraction of sp³-hybridized carbons (Fsp3) is 0.222. The molecule has 35 heavy (non-hydrogen) atoms. The van der Waals surface area contributed by atoms with E-state index in [1.807, 2.05) is 61.7 Å². The maximum absolute atomic E-state index is 13.2. The Kier molecular flexibility index (Phi) is 7.42. The Hall–Kier alpha value is -4.17. The zero-order valence-electron chi connectivity index (χ0n) is 19.9. The maximum Gasteiger partial charge on any atom is 0.325 e. The molecule has 8 nitrogen and oxygen atoms in total. The second kappa shape index (κ2) is 10.8. The summed E-state index contributed by atoms with van der Waals surface area (Å²) >= 11 is 0. The molecule has 0 aliphatic heterocycles. The van der Waals surface area contributed by atoms with Crippen molar-refractivity contribution in [1.82, 2.24) is 14.7 Å². The lowest BCUT2D eigenvalue weighted by Crippen LogP contribution is -2.23. The minimum atomic E-state index is -0.369. The number of hydrogen-bond donors (Lipinski definition) is 3. The molecule has 0 atom stereocenters. The average molecular weight is 472 g/mol. The summed E-state index contributed by atoms with van der Waals surface area (Å²) in [5.41, 5.74) is 11.2. The molecule has 180 valence electrons. The first-order valence-electron chi connectivity index (χ1n) is 11.5. The highest BCUT2D eigenvalue weighted by Crippen LogP contribution is 2.30. The lowest BCUT2D eigenvalue weighted by atomic mass is 10.1. The van der Waals surface area contributed by atoms with Crippen LogP contribution in [0.3, 0.4) is 0 Å². The lowest BCUT2D eigenvalue weighted by Gasteiger charge is -2.10. The van der Waals surface area contributed by atoms with Crippen molar-refractivity contribution in [3.63, 3.8) is 0 Å². The predicted molar refractivity (Wildman–Crippen MR) is 136 cm³/mol. The molecule has 2 aromatic heterocycles. The molecular formula is C27H29N5O3. The number of rotatable bonds is 9. The van der Waals surface area contributed by atoms with Crippen LogP contribution in [0.4, 0.5) is 5.82 Å². The van der Waals surface area contributed by atoms with E-state index in [1.54, 1.807) is 23.5 Å². The molecule has 0 fully saturated rings. The summed E-state index contributed by atoms with van der Waals surface area (Å²) < 4.78 is 6.86. The van der Waals surface area contributed by atoms with Crippen molar-refractivity contribution in [1.29, 1.82) is 0 Å². The summed E-state index contributed by atoms with van der Waals surface area (Å²) in [5.74, 6) is 0.00156. The Balaban J connectivity index is 1.69. The van der Waals surface area contributed by atoms with Gasteiger partial charge in [-0.3, -0.25) is 14.0 Å². The molecule has 0 aliphatic rings. The minimum Gasteiger partial charge on any atom is -0.465 e. The summed E-state index contributed by atoms with van der Waals surface area (Å²) in [5, 5.41) is 6.13. The van der Waals surface area contributed by atoms with E-state index in [9.17, 15) is 9.59 Å². The standard InChI is InChI=1S/C27H29N5O3/c1-3-35-23(33)17-29-26-24(21-10-4-7-18(2)13-21)31-25-22(11-6-12-32(25)26)27(34)30-16-20-9-5-8-19(14-20)15-28/h4-14,29H,3,15-17,28H2,1-2H3,(H,30,34). The SMILES string of the molecule is CCOC(=O)CNc1c(-c2cccc(C)c2)nc2c(C(=O)NCc3cccc(CN)c3)cccn12. The van der Waals surface area contributed by atoms with Crippen LogP contribution in [0.1, 0.15) is 34.0 Å². The zero-order chi connectivity index (χ0) is 24.8. The number of nitrogens with zero attached hydrogens (tertiary/aromatic N) is 2. The molecule has 8 heteroatoms. The van der Waals surface area contributed by atoms with Gasteiger partial charge in [-0.1, -0.05) is 48.0 Å². The molecular weight excluding hydrogens is 442 g/mol. The van der Waals surface area contributed by atoms with Gasteiger partial charge >= 0.3 is 5.97 Å². The summed E-state index contributed by atoms with van der Waals surface area (Å²) in [6.07, 6.45) is 1.82. The molecule has 0 radical (unpaired) electrons. The van der Waals surface area contributed by atoms with E-state index >= 15 is 0 Å². The van der Waals surface area contributed by atoms with Gasteiger partial charge in [-0.2, -0.15) is 0 Å². The number of imidazole rings is 1. The predicted octanol–water partition coefficient (Wildman–Crippen LogP) is 3.67. The van der Waals surface area contributed by atoms with Crippen LogP contribution in [-0.2, 0) is 22.6 Å². The molecule has 0 saturated carbocycles. The minimum absolute atomic E-state index is 0.0195. The van der Waals surface area contributed by atoms with Gasteiger partial charge in [-0.25, -0.2) is 4.98 Å². The summed E-state index contributed by atoms with van der Waals surface area (Å²) in [7, 11) is 0. The van der Waals surface area contributed by atoms with Gasteiger partial charge < -0.3 is 21.1 Å². The first kappa shape index (κ1) is 24.0. The third kappa shape index (κ3) is 5.50. The fourth-order valence-electron chi connectivity index (χ4n) is 3.92. The first-order valence-corrected chi connectivity index (χ1v) is 11.5. The van der Waals surface area contributed by atoms with Crippen LogP contribution < -0.4 is 16.4 Å². The van der Waals surface area contributed by atoms with Crippen molar-refractivity contribution < 1.29 is 14.3 Å². The number of ether oxygens (including phenoxy) is 1. The fourth-order valence-corrected chi connectivity index (χ4v) is 3.92. The lowest BCUT2D eigenvalue weighted by molar-refractivity contribution is -0.140. The van der Waals surface area contributed by atoms with Crippen molar-refractivity contribution in [2.75, 3.05) is 18.5 Å². The largest absolute Gasteiger partial charge is 0.465 e. The van der Waals surface area contributed by atoms with Crippen LogP contribution in [0.15, 0.2) is 66.9 Å². The van der Waals surface area contributed by atoms with Crippen LogP contribution in [-0.4, -0.2) is 34.4 Å². The van der Waals surface area contributed by atoms with Crippen molar-refractivity contribution in [3.8, 4) is 11.3 Å². The van der Waals surface area contributed by atoms with Crippen LogP contribution in [0, 0.1) is 6.92 Å². The molecule has 4 N–H and O–H groups in total. The highest BCUT2D eigenvalue weighted by molar-refractivity contribution is 6.01. The highest BCUT2D eigenvalue weighted by Gasteiger charge is 2.20. The van der Waals surface area contributed by atoms with E-state index in [0.717, 1.165) is 22.3 Å². The van der Waals surface area contributed by atoms with Gasteiger partial charge in [0.15, 0.2) is 5.65 Å².